The molecule has 0 radical (unpaired) electrons. The van der Waals surface area contributed by atoms with Crippen molar-refractivity contribution in [3.05, 3.63) is 35.9 Å². The highest BCUT2D eigenvalue weighted by atomic mass is 16.2. The third-order valence-corrected chi connectivity index (χ3v) is 4.07. The predicted octanol–water partition coefficient (Wildman–Crippen LogP) is 2.38. The molecule has 1 fully saturated rings. The van der Waals surface area contributed by atoms with Crippen molar-refractivity contribution in [2.45, 2.75) is 32.1 Å². The Morgan fingerprint density at radius 2 is 2.16 bits per heavy atom. The smallest absolute Gasteiger partial charge is 0.230 e. The van der Waals surface area contributed by atoms with Crippen LogP contribution in [0.1, 0.15) is 37.7 Å². The number of benzene rings is 1. The van der Waals surface area contributed by atoms with E-state index in [9.17, 15) is 4.79 Å². The van der Waals surface area contributed by atoms with E-state index in [0.717, 1.165) is 37.9 Å². The van der Waals surface area contributed by atoms with Crippen LogP contribution >= 0.6 is 0 Å². The fourth-order valence-electron chi connectivity index (χ4n) is 2.92. The minimum absolute atomic E-state index is 0.00211. The van der Waals surface area contributed by atoms with Crippen molar-refractivity contribution in [3.63, 3.8) is 0 Å². The number of amides is 1. The minimum Gasteiger partial charge on any atom is -0.342 e. The summed E-state index contributed by atoms with van der Waals surface area (Å²) in [6.45, 7) is 4.49. The molecule has 2 unspecified atom stereocenters. The Morgan fingerprint density at radius 3 is 2.79 bits per heavy atom. The van der Waals surface area contributed by atoms with Crippen molar-refractivity contribution >= 4 is 5.91 Å². The summed E-state index contributed by atoms with van der Waals surface area (Å²) < 4.78 is 0. The van der Waals surface area contributed by atoms with Crippen molar-refractivity contribution in [2.75, 3.05) is 19.6 Å². The van der Waals surface area contributed by atoms with E-state index >= 15 is 0 Å². The number of rotatable bonds is 4. The summed E-state index contributed by atoms with van der Waals surface area (Å²) in [5.74, 6) is 0.746. The number of hydrogen-bond donors (Lipinski definition) is 1. The summed E-state index contributed by atoms with van der Waals surface area (Å²) in [6.07, 6.45) is 3.09. The number of nitrogens with zero attached hydrogens (tertiary/aromatic N) is 1. The van der Waals surface area contributed by atoms with Gasteiger partial charge in [0.2, 0.25) is 5.91 Å². The van der Waals surface area contributed by atoms with Gasteiger partial charge in [-0.25, -0.2) is 0 Å². The van der Waals surface area contributed by atoms with Gasteiger partial charge in [0.15, 0.2) is 0 Å². The first-order valence-corrected chi connectivity index (χ1v) is 7.30. The molecule has 2 N–H and O–H groups in total. The van der Waals surface area contributed by atoms with Gasteiger partial charge >= 0.3 is 0 Å². The van der Waals surface area contributed by atoms with E-state index in [4.69, 9.17) is 5.73 Å². The van der Waals surface area contributed by atoms with Gasteiger partial charge in [-0.2, -0.15) is 0 Å². The number of carbonyl (C=O) groups is 1. The van der Waals surface area contributed by atoms with Gasteiger partial charge in [-0.3, -0.25) is 4.79 Å². The lowest BCUT2D eigenvalue weighted by molar-refractivity contribution is -0.134. The quantitative estimate of drug-likeness (QED) is 0.903. The lowest BCUT2D eigenvalue weighted by atomic mass is 9.92. The molecule has 1 amide bonds. The minimum atomic E-state index is -0.00211. The maximum absolute atomic E-state index is 12.7. The fourth-order valence-corrected chi connectivity index (χ4v) is 2.92. The summed E-state index contributed by atoms with van der Waals surface area (Å²) in [7, 11) is 0. The molecular formula is C16H24N2O. The van der Waals surface area contributed by atoms with E-state index < -0.39 is 0 Å². The number of piperidine rings is 1. The van der Waals surface area contributed by atoms with E-state index in [0.29, 0.717) is 12.5 Å². The van der Waals surface area contributed by atoms with E-state index in [1.165, 1.54) is 0 Å². The summed E-state index contributed by atoms with van der Waals surface area (Å²) in [4.78, 5) is 14.7. The maximum Gasteiger partial charge on any atom is 0.230 e. The van der Waals surface area contributed by atoms with Gasteiger partial charge in [0, 0.05) is 13.1 Å². The van der Waals surface area contributed by atoms with Gasteiger partial charge in [0.25, 0.3) is 0 Å². The molecule has 1 aromatic carbocycles. The van der Waals surface area contributed by atoms with E-state index in [2.05, 4.69) is 19.1 Å². The zero-order valence-electron chi connectivity index (χ0n) is 11.7. The number of hydrogen-bond acceptors (Lipinski definition) is 2. The standard InChI is InChI=1S/C16H24N2O/c1-2-15(14-8-4-3-5-9-14)16(19)18-10-6-7-13(11-17)12-18/h3-5,8-9,13,15H,2,6-7,10-12,17H2,1H3. The van der Waals surface area contributed by atoms with Gasteiger partial charge in [-0.05, 0) is 37.3 Å². The zero-order valence-corrected chi connectivity index (χ0v) is 11.7. The third kappa shape index (κ3) is 3.35. The average molecular weight is 260 g/mol. The molecule has 3 heteroatoms. The lowest BCUT2D eigenvalue weighted by Gasteiger charge is -2.34. The highest BCUT2D eigenvalue weighted by Gasteiger charge is 2.28. The van der Waals surface area contributed by atoms with E-state index in [1.807, 2.05) is 23.1 Å². The van der Waals surface area contributed by atoms with E-state index in [1.54, 1.807) is 0 Å². The van der Waals surface area contributed by atoms with Crippen LogP contribution in [0.3, 0.4) is 0 Å². The number of likely N-dealkylation sites (tertiary alicyclic amines) is 1. The van der Waals surface area contributed by atoms with Crippen LogP contribution < -0.4 is 5.73 Å². The van der Waals surface area contributed by atoms with Crippen molar-refractivity contribution in [3.8, 4) is 0 Å². The molecule has 1 aliphatic heterocycles. The summed E-state index contributed by atoms with van der Waals surface area (Å²) >= 11 is 0. The largest absolute Gasteiger partial charge is 0.342 e. The molecule has 0 spiro atoms. The average Bonchev–Trinajstić information content (AvgIpc) is 2.49. The van der Waals surface area contributed by atoms with Crippen LogP contribution in [0.4, 0.5) is 0 Å². The second-order valence-corrected chi connectivity index (χ2v) is 5.40. The van der Waals surface area contributed by atoms with Gasteiger partial charge in [0.1, 0.15) is 0 Å². The van der Waals surface area contributed by atoms with Gasteiger partial charge < -0.3 is 10.6 Å². The molecule has 2 atom stereocenters. The van der Waals surface area contributed by atoms with Gasteiger partial charge in [-0.1, -0.05) is 37.3 Å². The Balaban J connectivity index is 2.08. The summed E-state index contributed by atoms with van der Waals surface area (Å²) in [5.41, 5.74) is 6.88. The molecule has 1 aliphatic rings. The molecule has 0 saturated carbocycles. The van der Waals surface area contributed by atoms with Crippen molar-refractivity contribution < 1.29 is 4.79 Å². The molecule has 0 bridgehead atoms. The van der Waals surface area contributed by atoms with Crippen LogP contribution in [0.15, 0.2) is 30.3 Å². The number of nitrogens with two attached hydrogens (primary N) is 1. The van der Waals surface area contributed by atoms with E-state index in [-0.39, 0.29) is 11.8 Å². The molecule has 104 valence electrons. The Labute approximate surface area is 115 Å². The SMILES string of the molecule is CCC(C(=O)N1CCCC(CN)C1)c1ccccc1. The van der Waals surface area contributed by atoms with Crippen LogP contribution in [0.2, 0.25) is 0 Å². The van der Waals surface area contributed by atoms with Crippen molar-refractivity contribution in [1.29, 1.82) is 0 Å². The Hall–Kier alpha value is -1.35. The first-order chi connectivity index (χ1) is 9.26. The first kappa shape index (κ1) is 14.1. The fraction of sp³-hybridized carbons (Fsp3) is 0.562. The van der Waals surface area contributed by atoms with Crippen LogP contribution in [-0.2, 0) is 4.79 Å². The monoisotopic (exact) mass is 260 g/mol. The molecule has 1 saturated heterocycles. The van der Waals surface area contributed by atoms with Crippen molar-refractivity contribution in [1.82, 2.24) is 4.90 Å². The first-order valence-electron chi connectivity index (χ1n) is 7.30. The number of carbonyl (C=O) groups excluding carboxylic acids is 1. The van der Waals surface area contributed by atoms with Crippen LogP contribution in [0.5, 0.6) is 0 Å². The van der Waals surface area contributed by atoms with Gasteiger partial charge in [0.05, 0.1) is 5.92 Å². The summed E-state index contributed by atoms with van der Waals surface area (Å²) in [5, 5.41) is 0. The molecule has 0 aliphatic carbocycles. The molecule has 1 heterocycles. The van der Waals surface area contributed by atoms with Crippen molar-refractivity contribution in [2.24, 2.45) is 11.7 Å². The molecular weight excluding hydrogens is 236 g/mol. The molecule has 19 heavy (non-hydrogen) atoms. The second-order valence-electron chi connectivity index (χ2n) is 5.40. The Morgan fingerprint density at radius 1 is 1.42 bits per heavy atom. The molecule has 2 rings (SSSR count). The van der Waals surface area contributed by atoms with Crippen LogP contribution in [0, 0.1) is 5.92 Å². The Kier molecular flexibility index (Phi) is 4.97. The molecule has 0 aromatic heterocycles. The third-order valence-electron chi connectivity index (χ3n) is 4.07. The van der Waals surface area contributed by atoms with Crippen LogP contribution in [0.25, 0.3) is 0 Å². The van der Waals surface area contributed by atoms with Gasteiger partial charge in [-0.15, -0.1) is 0 Å². The maximum atomic E-state index is 12.7. The summed E-state index contributed by atoms with van der Waals surface area (Å²) in [6, 6.07) is 10.1. The molecule has 1 aromatic rings. The van der Waals surface area contributed by atoms with Crippen LogP contribution in [-0.4, -0.2) is 30.4 Å². The second kappa shape index (κ2) is 6.71. The topological polar surface area (TPSA) is 46.3 Å². The molecule has 3 nitrogen and oxygen atoms in total. The predicted molar refractivity (Wildman–Crippen MR) is 77.8 cm³/mol. The Bertz CT molecular complexity index is 404. The highest BCUT2D eigenvalue weighted by molar-refractivity contribution is 5.83. The highest BCUT2D eigenvalue weighted by Crippen LogP contribution is 2.25. The zero-order chi connectivity index (χ0) is 13.7. The lowest BCUT2D eigenvalue weighted by Crippen LogP contribution is -2.44. The normalized spacial score (nSPS) is 21.2.